The Labute approximate surface area is 163 Å². The van der Waals surface area contributed by atoms with Crippen molar-refractivity contribution < 1.29 is 19.4 Å². The number of ether oxygens (including phenoxy) is 1. The van der Waals surface area contributed by atoms with E-state index in [0.29, 0.717) is 57.1 Å². The summed E-state index contributed by atoms with van der Waals surface area (Å²) in [6, 6.07) is 3.80. The molecule has 0 aromatic carbocycles. The van der Waals surface area contributed by atoms with Gasteiger partial charge in [-0.3, -0.25) is 19.4 Å². The Bertz CT molecular complexity index is 681. The Hall–Kier alpha value is -1.74. The van der Waals surface area contributed by atoms with Gasteiger partial charge in [-0.1, -0.05) is 6.07 Å². The summed E-state index contributed by atoms with van der Waals surface area (Å²) >= 11 is 1.48. The number of aliphatic hydroxyl groups excluding tert-OH is 1. The molecule has 0 unspecified atom stereocenters. The lowest BCUT2D eigenvalue weighted by Crippen LogP contribution is -2.48. The fourth-order valence-corrected chi connectivity index (χ4v) is 4.27. The van der Waals surface area contributed by atoms with Gasteiger partial charge in [0.15, 0.2) is 0 Å². The van der Waals surface area contributed by atoms with Gasteiger partial charge in [0.1, 0.15) is 5.70 Å². The van der Waals surface area contributed by atoms with Crippen LogP contribution < -0.4 is 0 Å². The van der Waals surface area contributed by atoms with Crippen LogP contribution in [0.1, 0.15) is 18.2 Å². The molecule has 3 heterocycles. The first-order chi connectivity index (χ1) is 13.2. The molecule has 0 radical (unpaired) electrons. The van der Waals surface area contributed by atoms with Crippen LogP contribution in [0.15, 0.2) is 23.2 Å². The summed E-state index contributed by atoms with van der Waals surface area (Å²) in [6.07, 6.45) is 0.639. The minimum absolute atomic E-state index is 0.133. The van der Waals surface area contributed by atoms with Crippen molar-refractivity contribution in [1.82, 2.24) is 14.7 Å². The minimum Gasteiger partial charge on any atom is -0.395 e. The van der Waals surface area contributed by atoms with E-state index in [-0.39, 0.29) is 18.4 Å². The first-order valence-corrected chi connectivity index (χ1v) is 10.4. The first-order valence-electron chi connectivity index (χ1n) is 9.47. The highest BCUT2D eigenvalue weighted by Crippen LogP contribution is 2.34. The Kier molecular flexibility index (Phi) is 7.01. The van der Waals surface area contributed by atoms with Gasteiger partial charge in [-0.15, -0.1) is 11.3 Å². The van der Waals surface area contributed by atoms with Crippen LogP contribution in [-0.4, -0.2) is 90.7 Å². The number of hydrogen-bond donors (Lipinski definition) is 1. The van der Waals surface area contributed by atoms with Gasteiger partial charge in [-0.05, 0) is 24.8 Å². The number of nitrogens with zero attached hydrogens (tertiary/aromatic N) is 3. The third-order valence-electron chi connectivity index (χ3n) is 4.89. The maximum Gasteiger partial charge on any atom is 0.277 e. The Morgan fingerprint density at radius 1 is 1.15 bits per heavy atom. The van der Waals surface area contributed by atoms with Crippen molar-refractivity contribution in [2.45, 2.75) is 13.3 Å². The molecule has 0 spiro atoms. The average molecular weight is 394 g/mol. The van der Waals surface area contributed by atoms with E-state index in [1.54, 1.807) is 0 Å². The second kappa shape index (κ2) is 9.45. The zero-order chi connectivity index (χ0) is 19.2. The summed E-state index contributed by atoms with van der Waals surface area (Å²) in [5.41, 5.74) is 1.06. The predicted octanol–water partition coefficient (Wildman–Crippen LogP) is 0.865. The van der Waals surface area contributed by atoms with Crippen molar-refractivity contribution in [3.05, 3.63) is 28.1 Å². The van der Waals surface area contributed by atoms with Gasteiger partial charge in [0.2, 0.25) is 0 Å². The van der Waals surface area contributed by atoms with E-state index in [0.717, 1.165) is 18.0 Å². The third kappa shape index (κ3) is 4.40. The summed E-state index contributed by atoms with van der Waals surface area (Å²) in [6.45, 7) is 7.14. The summed E-state index contributed by atoms with van der Waals surface area (Å²) in [7, 11) is 0. The Morgan fingerprint density at radius 3 is 2.56 bits per heavy atom. The van der Waals surface area contributed by atoms with Gasteiger partial charge < -0.3 is 14.7 Å². The predicted molar refractivity (Wildman–Crippen MR) is 104 cm³/mol. The summed E-state index contributed by atoms with van der Waals surface area (Å²) in [5, 5.41) is 11.0. The van der Waals surface area contributed by atoms with Crippen LogP contribution >= 0.6 is 11.3 Å². The van der Waals surface area contributed by atoms with Crippen LogP contribution in [0.5, 0.6) is 0 Å². The molecule has 0 saturated carbocycles. The molecule has 2 amide bonds. The zero-order valence-corrected chi connectivity index (χ0v) is 16.5. The van der Waals surface area contributed by atoms with E-state index < -0.39 is 0 Å². The summed E-state index contributed by atoms with van der Waals surface area (Å²) < 4.78 is 5.34. The van der Waals surface area contributed by atoms with E-state index in [2.05, 4.69) is 4.90 Å². The van der Waals surface area contributed by atoms with Gasteiger partial charge in [-0.25, -0.2) is 0 Å². The smallest absolute Gasteiger partial charge is 0.277 e. The quantitative estimate of drug-likeness (QED) is 0.496. The number of carbonyl (C=O) groups is 2. The molecule has 1 N–H and O–H groups in total. The van der Waals surface area contributed by atoms with Crippen molar-refractivity contribution in [3.8, 4) is 0 Å². The highest BCUT2D eigenvalue weighted by atomic mass is 32.1. The Morgan fingerprint density at radius 2 is 1.93 bits per heavy atom. The lowest BCUT2D eigenvalue weighted by atomic mass is 10.1. The van der Waals surface area contributed by atoms with E-state index in [1.165, 1.54) is 16.2 Å². The van der Waals surface area contributed by atoms with Crippen molar-refractivity contribution in [2.75, 3.05) is 59.1 Å². The molecule has 3 rings (SSSR count). The average Bonchev–Trinajstić information content (AvgIpc) is 3.27. The molecule has 1 aromatic rings. The molecule has 2 aliphatic heterocycles. The second-order valence-electron chi connectivity index (χ2n) is 6.57. The highest BCUT2D eigenvalue weighted by Gasteiger charge is 2.42. The van der Waals surface area contributed by atoms with Crippen LogP contribution in [0.4, 0.5) is 0 Å². The molecule has 8 heteroatoms. The van der Waals surface area contributed by atoms with Gasteiger partial charge in [0, 0.05) is 57.4 Å². The van der Waals surface area contributed by atoms with E-state index in [9.17, 15) is 9.59 Å². The number of thiophene rings is 1. The molecule has 0 bridgehead atoms. The van der Waals surface area contributed by atoms with E-state index >= 15 is 0 Å². The molecule has 0 aliphatic carbocycles. The van der Waals surface area contributed by atoms with Gasteiger partial charge in [0.25, 0.3) is 11.8 Å². The van der Waals surface area contributed by atoms with Gasteiger partial charge in [-0.2, -0.15) is 0 Å². The normalized spacial score (nSPS) is 18.9. The van der Waals surface area contributed by atoms with Crippen molar-refractivity contribution in [3.63, 3.8) is 0 Å². The molecule has 1 fully saturated rings. The van der Waals surface area contributed by atoms with E-state index in [4.69, 9.17) is 9.84 Å². The molecule has 27 heavy (non-hydrogen) atoms. The van der Waals surface area contributed by atoms with Crippen LogP contribution in [0, 0.1) is 0 Å². The number of aliphatic hydroxyl groups is 1. The van der Waals surface area contributed by atoms with Crippen LogP contribution in [0.2, 0.25) is 0 Å². The number of β-amino-alcohol motifs (C(OH)–C–C–N with tert-alkyl or cyclic N) is 1. The fraction of sp³-hybridized carbons (Fsp3) is 0.579. The third-order valence-corrected chi connectivity index (χ3v) is 5.78. The van der Waals surface area contributed by atoms with Gasteiger partial charge >= 0.3 is 0 Å². The fourth-order valence-electron chi connectivity index (χ4n) is 3.51. The van der Waals surface area contributed by atoms with Gasteiger partial charge in [0.05, 0.1) is 12.2 Å². The van der Waals surface area contributed by atoms with Crippen LogP contribution in [0.3, 0.4) is 0 Å². The summed E-state index contributed by atoms with van der Waals surface area (Å²) in [5.74, 6) is -0.401. The highest BCUT2D eigenvalue weighted by molar-refractivity contribution is 7.11. The molecule has 0 atom stereocenters. The lowest BCUT2D eigenvalue weighted by molar-refractivity contribution is -0.137. The number of piperazine rings is 1. The SMILES string of the molecule is CCOCCCN1C(=O)C(c2cccs2)=C(N2CCN(CCO)CC2)C1=O. The summed E-state index contributed by atoms with van der Waals surface area (Å²) in [4.78, 5) is 32.6. The number of carbonyl (C=O) groups excluding carboxylic acids is 2. The van der Waals surface area contributed by atoms with Crippen molar-refractivity contribution in [1.29, 1.82) is 0 Å². The maximum absolute atomic E-state index is 13.1. The monoisotopic (exact) mass is 393 g/mol. The minimum atomic E-state index is -0.202. The molecule has 1 aromatic heterocycles. The molecular formula is C19H27N3O4S. The van der Waals surface area contributed by atoms with E-state index in [1.807, 2.05) is 29.3 Å². The molecule has 2 aliphatic rings. The molecular weight excluding hydrogens is 366 g/mol. The Balaban J connectivity index is 1.79. The standard InChI is InChI=1S/C19H27N3O4S/c1-2-26-13-4-6-22-18(24)16(15-5-3-14-27-15)17(19(22)25)21-9-7-20(8-10-21)11-12-23/h3,5,14,23H,2,4,6-13H2,1H3. The largest absolute Gasteiger partial charge is 0.395 e. The number of amides is 2. The lowest BCUT2D eigenvalue weighted by Gasteiger charge is -2.36. The molecule has 7 nitrogen and oxygen atoms in total. The topological polar surface area (TPSA) is 73.3 Å². The number of rotatable bonds is 9. The zero-order valence-electron chi connectivity index (χ0n) is 15.7. The van der Waals surface area contributed by atoms with Crippen LogP contribution in [0.25, 0.3) is 5.57 Å². The van der Waals surface area contributed by atoms with Crippen molar-refractivity contribution in [2.24, 2.45) is 0 Å². The number of hydrogen-bond acceptors (Lipinski definition) is 7. The molecule has 148 valence electrons. The molecule has 1 saturated heterocycles. The van der Waals surface area contributed by atoms with Crippen LogP contribution in [-0.2, 0) is 14.3 Å². The maximum atomic E-state index is 13.1. The first kappa shape index (κ1) is 20.0. The number of imide groups is 1. The van der Waals surface area contributed by atoms with Crippen molar-refractivity contribution >= 4 is 28.7 Å². The second-order valence-corrected chi connectivity index (χ2v) is 7.51.